The van der Waals surface area contributed by atoms with Crippen molar-refractivity contribution in [2.24, 2.45) is 0 Å². The summed E-state index contributed by atoms with van der Waals surface area (Å²) in [6, 6.07) is 10.6. The topological polar surface area (TPSA) is 66.6 Å². The third-order valence-electron chi connectivity index (χ3n) is 3.49. The number of hydrogen-bond acceptors (Lipinski definition) is 3. The van der Waals surface area contributed by atoms with Crippen molar-refractivity contribution in [1.82, 2.24) is 9.38 Å². The first-order valence-corrected chi connectivity index (χ1v) is 7.50. The molecule has 118 valence electrons. The lowest BCUT2D eigenvalue weighted by atomic mass is 9.98. The molecule has 1 aromatic carbocycles. The van der Waals surface area contributed by atoms with Crippen LogP contribution < -0.4 is 5.32 Å². The highest BCUT2D eigenvalue weighted by atomic mass is 35.5. The zero-order chi connectivity index (χ0) is 16.6. The van der Waals surface area contributed by atoms with E-state index in [2.05, 4.69) is 10.3 Å². The Morgan fingerprint density at radius 3 is 2.78 bits per heavy atom. The molecule has 2 N–H and O–H groups in total. The van der Waals surface area contributed by atoms with Crippen LogP contribution in [0.15, 0.2) is 48.8 Å². The summed E-state index contributed by atoms with van der Waals surface area (Å²) in [5.41, 5.74) is 1.14. The molecule has 0 bridgehead atoms. The number of pyridine rings is 1. The number of hydrogen-bond donors (Lipinski definition) is 2. The van der Waals surface area contributed by atoms with Crippen LogP contribution in [0, 0.1) is 0 Å². The number of benzene rings is 1. The molecular weight excluding hydrogens is 314 g/mol. The number of amides is 1. The summed E-state index contributed by atoms with van der Waals surface area (Å²) in [7, 11) is 0. The van der Waals surface area contributed by atoms with Crippen molar-refractivity contribution in [2.45, 2.75) is 19.4 Å². The number of fused-ring (bicyclic) bond motifs is 1. The van der Waals surface area contributed by atoms with Gasteiger partial charge in [-0.3, -0.25) is 4.79 Å². The Bertz CT molecular complexity index is 881. The molecule has 0 aliphatic rings. The second-order valence-corrected chi connectivity index (χ2v) is 6.21. The van der Waals surface area contributed by atoms with Crippen LogP contribution in [0.5, 0.6) is 0 Å². The number of carbonyl (C=O) groups excluding carboxylic acids is 1. The van der Waals surface area contributed by atoms with Crippen molar-refractivity contribution < 1.29 is 9.90 Å². The second kappa shape index (κ2) is 5.68. The number of anilines is 1. The van der Waals surface area contributed by atoms with Gasteiger partial charge in [0.05, 0.1) is 10.6 Å². The van der Waals surface area contributed by atoms with Crippen molar-refractivity contribution in [3.8, 4) is 0 Å². The summed E-state index contributed by atoms with van der Waals surface area (Å²) >= 11 is 6.06. The molecule has 0 atom stereocenters. The highest BCUT2D eigenvalue weighted by molar-refractivity contribution is 6.33. The number of halogens is 1. The fourth-order valence-electron chi connectivity index (χ4n) is 2.26. The predicted molar refractivity (Wildman–Crippen MR) is 89.8 cm³/mol. The lowest BCUT2D eigenvalue weighted by molar-refractivity contribution is 0.0786. The molecular formula is C17H16ClN3O2. The monoisotopic (exact) mass is 329 g/mol. The van der Waals surface area contributed by atoms with Crippen LogP contribution in [0.3, 0.4) is 0 Å². The summed E-state index contributed by atoms with van der Waals surface area (Å²) in [5, 5.41) is 13.3. The number of carbonyl (C=O) groups is 1. The molecule has 0 aliphatic carbocycles. The molecule has 3 aromatic rings. The van der Waals surface area contributed by atoms with Crippen molar-refractivity contribution in [1.29, 1.82) is 0 Å². The zero-order valence-corrected chi connectivity index (χ0v) is 13.5. The molecule has 0 aliphatic heterocycles. The lowest BCUT2D eigenvalue weighted by Gasteiger charge is -2.18. The van der Waals surface area contributed by atoms with Gasteiger partial charge in [0.15, 0.2) is 5.65 Å². The number of nitrogens with zero attached hydrogens (tertiary/aromatic N) is 2. The van der Waals surface area contributed by atoms with Crippen molar-refractivity contribution >= 4 is 28.8 Å². The smallest absolute Gasteiger partial charge is 0.275 e. The summed E-state index contributed by atoms with van der Waals surface area (Å²) < 4.78 is 1.70. The highest BCUT2D eigenvalue weighted by Gasteiger charge is 2.17. The van der Waals surface area contributed by atoms with Gasteiger partial charge in [-0.25, -0.2) is 4.98 Å². The summed E-state index contributed by atoms with van der Waals surface area (Å²) in [5.74, 6) is -0.335. The third-order valence-corrected chi connectivity index (χ3v) is 3.79. The lowest BCUT2D eigenvalue weighted by Crippen LogP contribution is -2.17. The van der Waals surface area contributed by atoms with E-state index in [0.717, 1.165) is 0 Å². The summed E-state index contributed by atoms with van der Waals surface area (Å²) in [6.45, 7) is 3.39. The molecule has 0 radical (unpaired) electrons. The van der Waals surface area contributed by atoms with Crippen molar-refractivity contribution in [2.75, 3.05) is 5.32 Å². The van der Waals surface area contributed by atoms with E-state index < -0.39 is 5.60 Å². The molecule has 0 spiro atoms. The van der Waals surface area contributed by atoms with E-state index in [-0.39, 0.29) is 11.6 Å². The Labute approximate surface area is 138 Å². The van der Waals surface area contributed by atoms with E-state index in [9.17, 15) is 9.90 Å². The van der Waals surface area contributed by atoms with Gasteiger partial charge < -0.3 is 14.8 Å². The average Bonchev–Trinajstić information content (AvgIpc) is 2.92. The molecule has 23 heavy (non-hydrogen) atoms. The largest absolute Gasteiger partial charge is 0.386 e. The van der Waals surface area contributed by atoms with E-state index in [0.29, 0.717) is 21.9 Å². The molecule has 2 aromatic heterocycles. The van der Waals surface area contributed by atoms with Crippen LogP contribution >= 0.6 is 11.6 Å². The number of aromatic nitrogens is 2. The quantitative estimate of drug-likeness (QED) is 0.773. The maximum absolute atomic E-state index is 12.4. The molecule has 5 nitrogen and oxygen atoms in total. The van der Waals surface area contributed by atoms with Gasteiger partial charge in [0, 0.05) is 18.1 Å². The van der Waals surface area contributed by atoms with E-state index >= 15 is 0 Å². The molecule has 0 unspecified atom stereocenters. The Hall–Kier alpha value is -2.37. The Balaban J connectivity index is 1.87. The minimum absolute atomic E-state index is 0.270. The van der Waals surface area contributed by atoms with Gasteiger partial charge in [-0.05, 0) is 43.7 Å². The normalized spacial score (nSPS) is 11.7. The number of aliphatic hydroxyl groups is 1. The van der Waals surface area contributed by atoms with Crippen LogP contribution in [0.1, 0.15) is 29.9 Å². The summed E-state index contributed by atoms with van der Waals surface area (Å²) in [4.78, 5) is 16.6. The zero-order valence-electron chi connectivity index (χ0n) is 12.7. The van der Waals surface area contributed by atoms with Crippen LogP contribution in [0.2, 0.25) is 5.02 Å². The van der Waals surface area contributed by atoms with E-state index in [1.807, 2.05) is 0 Å². The van der Waals surface area contributed by atoms with Crippen molar-refractivity contribution in [3.63, 3.8) is 0 Å². The van der Waals surface area contributed by atoms with Crippen LogP contribution in [-0.2, 0) is 5.60 Å². The third kappa shape index (κ3) is 3.21. The number of imidazole rings is 1. The Morgan fingerprint density at radius 2 is 2.09 bits per heavy atom. The first kappa shape index (κ1) is 15.5. The van der Waals surface area contributed by atoms with Gasteiger partial charge in [-0.15, -0.1) is 0 Å². The second-order valence-electron chi connectivity index (χ2n) is 5.81. The minimum Gasteiger partial charge on any atom is -0.386 e. The van der Waals surface area contributed by atoms with E-state index in [4.69, 9.17) is 11.6 Å². The SMILES string of the molecule is CC(C)(O)c1cccc(NC(=O)c2cn3cccc(Cl)c3n2)c1. The minimum atomic E-state index is -0.975. The van der Waals surface area contributed by atoms with Gasteiger partial charge in [0.1, 0.15) is 5.69 Å². The first-order valence-electron chi connectivity index (χ1n) is 7.12. The maximum atomic E-state index is 12.4. The molecule has 3 rings (SSSR count). The Morgan fingerprint density at radius 1 is 1.30 bits per heavy atom. The summed E-state index contributed by atoms with van der Waals surface area (Å²) in [6.07, 6.45) is 3.40. The average molecular weight is 330 g/mol. The van der Waals surface area contributed by atoms with Crippen molar-refractivity contribution in [3.05, 3.63) is 65.1 Å². The van der Waals surface area contributed by atoms with Gasteiger partial charge in [0.2, 0.25) is 0 Å². The fourth-order valence-corrected chi connectivity index (χ4v) is 2.47. The highest BCUT2D eigenvalue weighted by Crippen LogP contribution is 2.23. The van der Waals surface area contributed by atoms with E-state index in [1.54, 1.807) is 67.0 Å². The number of nitrogens with one attached hydrogen (secondary N) is 1. The van der Waals surface area contributed by atoms with Crippen LogP contribution in [0.4, 0.5) is 5.69 Å². The van der Waals surface area contributed by atoms with Gasteiger partial charge in [-0.2, -0.15) is 0 Å². The molecule has 0 saturated heterocycles. The number of rotatable bonds is 3. The van der Waals surface area contributed by atoms with Crippen LogP contribution in [-0.4, -0.2) is 20.4 Å². The predicted octanol–water partition coefficient (Wildman–Crippen LogP) is 3.47. The molecule has 6 heteroatoms. The van der Waals surface area contributed by atoms with Crippen LogP contribution in [0.25, 0.3) is 5.65 Å². The fraction of sp³-hybridized carbons (Fsp3) is 0.176. The maximum Gasteiger partial charge on any atom is 0.275 e. The molecule has 0 saturated carbocycles. The molecule has 2 heterocycles. The molecule has 0 fully saturated rings. The first-order chi connectivity index (χ1) is 10.8. The molecule has 1 amide bonds. The van der Waals surface area contributed by atoms with E-state index in [1.165, 1.54) is 0 Å². The Kier molecular flexibility index (Phi) is 3.83. The van der Waals surface area contributed by atoms with Gasteiger partial charge >= 0.3 is 0 Å². The van der Waals surface area contributed by atoms with Gasteiger partial charge in [-0.1, -0.05) is 23.7 Å². The van der Waals surface area contributed by atoms with Gasteiger partial charge in [0.25, 0.3) is 5.91 Å². The standard InChI is InChI=1S/C17H16ClN3O2/c1-17(2,23)11-5-3-6-12(9-11)19-16(22)14-10-21-8-4-7-13(18)15(21)20-14/h3-10,23H,1-2H3,(H,19,22).